The quantitative estimate of drug-likeness (QED) is 0.105. The first-order valence-electron chi connectivity index (χ1n) is 12.9. The lowest BCUT2D eigenvalue weighted by atomic mass is 9.93. The fourth-order valence-corrected chi connectivity index (χ4v) is 5.56. The highest BCUT2D eigenvalue weighted by Crippen LogP contribution is 2.56. The molecule has 0 saturated heterocycles. The number of hydrogen-bond donors (Lipinski definition) is 0. The number of unbranched alkanes of at least 4 members (excludes halogenated alkanes) is 6. The second kappa shape index (κ2) is 15.5. The van der Waals surface area contributed by atoms with Crippen LogP contribution in [0.1, 0.15) is 57.4 Å². The minimum absolute atomic E-state index is 0.0672. The molecule has 0 spiro atoms. The van der Waals surface area contributed by atoms with Gasteiger partial charge in [-0.15, -0.1) is 0 Å². The zero-order valence-corrected chi connectivity index (χ0v) is 22.9. The van der Waals surface area contributed by atoms with E-state index in [1.54, 1.807) is 0 Å². The molecule has 3 rings (SSSR count). The van der Waals surface area contributed by atoms with E-state index < -0.39 is 25.1 Å². The van der Waals surface area contributed by atoms with E-state index in [0.717, 1.165) is 38.2 Å². The van der Waals surface area contributed by atoms with Crippen LogP contribution in [0.25, 0.3) is 4.85 Å². The Morgan fingerprint density at radius 3 is 2.13 bits per heavy atom. The molecule has 0 amide bonds. The molecule has 1 atom stereocenters. The van der Waals surface area contributed by atoms with Gasteiger partial charge in [-0.2, -0.15) is 10.2 Å². The van der Waals surface area contributed by atoms with E-state index in [-0.39, 0.29) is 38.4 Å². The molecular weight excluding hydrogens is 531 g/mol. The van der Waals surface area contributed by atoms with Crippen LogP contribution in [0.3, 0.4) is 0 Å². The van der Waals surface area contributed by atoms with Gasteiger partial charge in [0.2, 0.25) is 6.54 Å². The van der Waals surface area contributed by atoms with Crippen LogP contribution >= 0.6 is 7.82 Å². The summed E-state index contributed by atoms with van der Waals surface area (Å²) in [6.07, 6.45) is 12.4. The van der Waals surface area contributed by atoms with Gasteiger partial charge in [-0.3, -0.25) is 13.6 Å². The number of benzene rings is 1. The summed E-state index contributed by atoms with van der Waals surface area (Å²) in [7, 11) is -4.40. The van der Waals surface area contributed by atoms with Crippen LogP contribution in [-0.2, 0) is 36.8 Å². The van der Waals surface area contributed by atoms with Crippen LogP contribution in [0.5, 0.6) is 0 Å². The average Bonchev–Trinajstić information content (AvgIpc) is 3.60. The third-order valence-electron chi connectivity index (χ3n) is 5.93. The molecule has 212 valence electrons. The maximum Gasteiger partial charge on any atom is 0.476 e. The van der Waals surface area contributed by atoms with Crippen LogP contribution in [0.4, 0.5) is 8.78 Å². The van der Waals surface area contributed by atoms with E-state index in [0.29, 0.717) is 12.5 Å². The van der Waals surface area contributed by atoms with Gasteiger partial charge in [0.05, 0.1) is 19.7 Å². The Morgan fingerprint density at radius 2 is 1.56 bits per heavy atom. The summed E-state index contributed by atoms with van der Waals surface area (Å²) < 4.78 is 63.4. The van der Waals surface area contributed by atoms with Crippen molar-refractivity contribution in [2.45, 2.75) is 70.6 Å². The molecule has 3 aromatic rings. The van der Waals surface area contributed by atoms with E-state index in [2.05, 4.69) is 31.9 Å². The van der Waals surface area contributed by atoms with Crippen LogP contribution in [-0.4, -0.2) is 49.3 Å². The summed E-state index contributed by atoms with van der Waals surface area (Å²) >= 11 is 0. The molecule has 0 aliphatic rings. The Morgan fingerprint density at radius 1 is 0.949 bits per heavy atom. The highest BCUT2D eigenvalue weighted by Gasteiger charge is 2.46. The van der Waals surface area contributed by atoms with Crippen molar-refractivity contribution < 1.29 is 26.9 Å². The van der Waals surface area contributed by atoms with Crippen molar-refractivity contribution in [1.82, 2.24) is 29.5 Å². The molecule has 0 aliphatic heterocycles. The van der Waals surface area contributed by atoms with Gasteiger partial charge in [-0.05, 0) is 12.5 Å². The Hall–Kier alpha value is -3.04. The monoisotopic (exact) mass is 565 g/mol. The summed E-state index contributed by atoms with van der Waals surface area (Å²) in [5.41, 5.74) is -1.93. The number of halogens is 2. The Labute approximate surface area is 226 Å². The average molecular weight is 566 g/mol. The number of nitrogens with zero attached hydrogens (tertiary/aromatic N) is 7. The van der Waals surface area contributed by atoms with Crippen molar-refractivity contribution in [3.63, 3.8) is 0 Å². The minimum atomic E-state index is -4.40. The number of phosphoric acid groups is 1. The molecule has 0 N–H and O–H groups in total. The zero-order valence-electron chi connectivity index (χ0n) is 22.0. The van der Waals surface area contributed by atoms with E-state index >= 15 is 4.39 Å². The molecule has 0 saturated carbocycles. The first kappa shape index (κ1) is 30.5. The molecule has 1 aromatic carbocycles. The number of hydrogen-bond acceptors (Lipinski definition) is 8. The molecule has 0 bridgehead atoms. The largest absolute Gasteiger partial charge is 0.476 e. The van der Waals surface area contributed by atoms with Crippen molar-refractivity contribution in [2.75, 3.05) is 19.8 Å². The lowest BCUT2D eigenvalue weighted by molar-refractivity contribution is -0.0253. The normalized spacial score (nSPS) is 13.3. The maximum atomic E-state index is 15.3. The van der Waals surface area contributed by atoms with Gasteiger partial charge in [0, 0.05) is 11.6 Å². The maximum absolute atomic E-state index is 15.3. The summed E-state index contributed by atoms with van der Waals surface area (Å²) in [5, 5.41) is 8.20. The van der Waals surface area contributed by atoms with Gasteiger partial charge in [0.1, 0.15) is 49.2 Å². The minimum Gasteiger partial charge on any atom is -0.314 e. The molecule has 11 nitrogen and oxygen atoms in total. The van der Waals surface area contributed by atoms with Gasteiger partial charge in [-0.1, -0.05) is 51.5 Å². The number of aromatic nitrogens is 6. The predicted octanol–water partition coefficient (Wildman–Crippen LogP) is 5.57. The van der Waals surface area contributed by atoms with Crippen molar-refractivity contribution in [2.24, 2.45) is 0 Å². The highest BCUT2D eigenvalue weighted by molar-refractivity contribution is 7.48. The van der Waals surface area contributed by atoms with E-state index in [1.807, 2.05) is 0 Å². The summed E-state index contributed by atoms with van der Waals surface area (Å²) in [5.74, 6) is -1.73. The Balaban J connectivity index is 1.92. The molecule has 1 unspecified atom stereocenters. The fourth-order valence-electron chi connectivity index (χ4n) is 4.08. The lowest BCUT2D eigenvalue weighted by Crippen LogP contribution is -2.40. The predicted molar refractivity (Wildman–Crippen MR) is 138 cm³/mol. The molecule has 0 fully saturated rings. The van der Waals surface area contributed by atoms with Gasteiger partial charge in [0.25, 0.3) is 0 Å². The van der Waals surface area contributed by atoms with E-state index in [4.69, 9.17) is 20.1 Å². The topological polar surface area (TPSA) is 111 Å². The molecule has 2 heterocycles. The fraction of sp³-hybridized carbons (Fsp3) is 0.560. The number of rotatable bonds is 19. The molecule has 0 radical (unpaired) electrons. The van der Waals surface area contributed by atoms with Crippen molar-refractivity contribution >= 4 is 7.82 Å². The molecule has 0 aliphatic carbocycles. The highest BCUT2D eigenvalue weighted by atomic mass is 31.2. The molecular formula is C25H34F2N7O4P. The van der Waals surface area contributed by atoms with Crippen LogP contribution in [0.15, 0.2) is 43.5 Å². The SMILES string of the molecule is [C-]#[N+]CCOP(=O)(OCCCCCCCCC)OC(Cn1cncn1)(Cn1cncn1)c1ccc(F)cc1F. The van der Waals surface area contributed by atoms with Crippen LogP contribution in [0.2, 0.25) is 0 Å². The first-order valence-corrected chi connectivity index (χ1v) is 14.4. The Kier molecular flexibility index (Phi) is 12.1. The summed E-state index contributed by atoms with van der Waals surface area (Å²) in [4.78, 5) is 11.1. The second-order valence-corrected chi connectivity index (χ2v) is 10.6. The summed E-state index contributed by atoms with van der Waals surface area (Å²) in [6, 6.07) is 2.99. The molecule has 14 heteroatoms. The first-order chi connectivity index (χ1) is 18.9. The van der Waals surface area contributed by atoms with Gasteiger partial charge in [-0.25, -0.2) is 39.2 Å². The van der Waals surface area contributed by atoms with Crippen molar-refractivity contribution in [3.8, 4) is 0 Å². The Bertz CT molecular complexity index is 1170. The standard InChI is InChI=1S/C25H34F2N7O4P/c1-3-4-5-6-7-8-9-13-36-39(35,37-14-12-28-2)38-25(16-33-20-29-18-31-33,17-34-21-30-19-32-34)23-11-10-22(26)15-24(23)27/h10-11,15,18-21H,3-9,12-14,16-17H2,1H3. The van der Waals surface area contributed by atoms with E-state index in [1.165, 1.54) is 47.2 Å². The number of phosphoric ester groups is 1. The smallest absolute Gasteiger partial charge is 0.314 e. The molecule has 39 heavy (non-hydrogen) atoms. The van der Waals surface area contributed by atoms with Crippen LogP contribution < -0.4 is 0 Å². The van der Waals surface area contributed by atoms with Gasteiger partial charge >= 0.3 is 7.82 Å². The van der Waals surface area contributed by atoms with Crippen molar-refractivity contribution in [1.29, 1.82) is 0 Å². The van der Waals surface area contributed by atoms with Gasteiger partial charge < -0.3 is 4.85 Å². The zero-order chi connectivity index (χ0) is 28.0. The summed E-state index contributed by atoms with van der Waals surface area (Å²) in [6.45, 7) is 8.55. The lowest BCUT2D eigenvalue weighted by Gasteiger charge is -2.36. The molecule has 2 aromatic heterocycles. The second-order valence-electron chi connectivity index (χ2n) is 9.01. The van der Waals surface area contributed by atoms with Gasteiger partial charge in [0.15, 0.2) is 0 Å². The van der Waals surface area contributed by atoms with Crippen molar-refractivity contribution in [3.05, 3.63) is 72.1 Å². The third-order valence-corrected chi connectivity index (χ3v) is 7.50. The third kappa shape index (κ3) is 9.58. The van der Waals surface area contributed by atoms with Crippen LogP contribution in [0, 0.1) is 18.2 Å². The van der Waals surface area contributed by atoms with E-state index in [9.17, 15) is 8.96 Å².